The molecule has 0 fully saturated rings. The van der Waals surface area contributed by atoms with Gasteiger partial charge in [-0.05, 0) is 30.5 Å². The van der Waals surface area contributed by atoms with Crippen molar-refractivity contribution in [2.75, 3.05) is 11.9 Å². The van der Waals surface area contributed by atoms with Crippen LogP contribution in [0.1, 0.15) is 10.7 Å². The van der Waals surface area contributed by atoms with E-state index in [-0.39, 0.29) is 12.5 Å². The Morgan fingerprint density at radius 3 is 3.06 bits per heavy atom. The number of thiophene rings is 1. The van der Waals surface area contributed by atoms with Crippen LogP contribution in [-0.4, -0.2) is 36.7 Å². The van der Waals surface area contributed by atoms with E-state index in [9.17, 15) is 4.79 Å². The summed E-state index contributed by atoms with van der Waals surface area (Å²) in [6, 6.07) is 9.84. The lowest BCUT2D eigenvalue weighted by Crippen LogP contribution is -2.20. The number of ether oxygens (including phenoxy) is 1. The predicted molar refractivity (Wildman–Crippen MR) is 130 cm³/mol. The highest BCUT2D eigenvalue weighted by atomic mass is 32.1. The third-order valence-electron chi connectivity index (χ3n) is 5.18. The minimum Gasteiger partial charge on any atom is -0.483 e. The first kappa shape index (κ1) is 19.9. The number of anilines is 1. The molecule has 0 bridgehead atoms. The number of hydrogen-bond acceptors (Lipinski definition) is 7. The molecule has 8 nitrogen and oxygen atoms in total. The van der Waals surface area contributed by atoms with E-state index in [1.807, 2.05) is 59.4 Å². The Kier molecular flexibility index (Phi) is 4.81. The van der Waals surface area contributed by atoms with Crippen molar-refractivity contribution in [2.24, 2.45) is 0 Å². The van der Waals surface area contributed by atoms with Crippen molar-refractivity contribution >= 4 is 60.2 Å². The van der Waals surface area contributed by atoms with Crippen LogP contribution in [0.4, 0.5) is 5.69 Å². The Balaban J connectivity index is 1.12. The van der Waals surface area contributed by atoms with E-state index >= 15 is 0 Å². The molecule has 1 aromatic carbocycles. The number of benzene rings is 1. The first-order valence-electron chi connectivity index (χ1n) is 10.3. The molecule has 6 rings (SSSR count). The van der Waals surface area contributed by atoms with Crippen LogP contribution in [0.25, 0.3) is 25.9 Å². The van der Waals surface area contributed by atoms with Gasteiger partial charge >= 0.3 is 0 Å². The summed E-state index contributed by atoms with van der Waals surface area (Å²) >= 11 is 3.26. The number of imidazole rings is 1. The molecular weight excluding hydrogens is 456 g/mol. The molecule has 10 heteroatoms. The maximum atomic E-state index is 12.5. The van der Waals surface area contributed by atoms with Crippen molar-refractivity contribution in [1.29, 1.82) is 0 Å². The lowest BCUT2D eigenvalue weighted by atomic mass is 10.2. The fourth-order valence-corrected chi connectivity index (χ4v) is 5.62. The molecule has 6 aromatic rings. The van der Waals surface area contributed by atoms with Crippen LogP contribution in [0.15, 0.2) is 60.5 Å². The van der Waals surface area contributed by atoms with Gasteiger partial charge in [-0.25, -0.2) is 9.97 Å². The Morgan fingerprint density at radius 2 is 2.15 bits per heavy atom. The van der Waals surface area contributed by atoms with Crippen molar-refractivity contribution in [3.8, 4) is 5.75 Å². The highest BCUT2D eigenvalue weighted by Crippen LogP contribution is 2.38. The third-order valence-corrected chi connectivity index (χ3v) is 7.02. The van der Waals surface area contributed by atoms with Gasteiger partial charge in [0, 0.05) is 30.0 Å². The fraction of sp³-hybridized carbons (Fsp3) is 0.130. The minimum absolute atomic E-state index is 0.0914. The van der Waals surface area contributed by atoms with E-state index < -0.39 is 0 Å². The first-order valence-corrected chi connectivity index (χ1v) is 12.0. The lowest BCUT2D eigenvalue weighted by Gasteiger charge is -2.08. The monoisotopic (exact) mass is 474 g/mol. The topological polar surface area (TPSA) is 86.3 Å². The van der Waals surface area contributed by atoms with E-state index in [1.54, 1.807) is 39.7 Å². The number of rotatable bonds is 6. The molecule has 0 saturated heterocycles. The maximum Gasteiger partial charge on any atom is 0.262 e. The molecule has 33 heavy (non-hydrogen) atoms. The summed E-state index contributed by atoms with van der Waals surface area (Å²) in [5.74, 6) is 0.450. The van der Waals surface area contributed by atoms with Crippen LogP contribution in [-0.2, 0) is 11.3 Å². The van der Waals surface area contributed by atoms with E-state index in [0.717, 1.165) is 36.7 Å². The summed E-state index contributed by atoms with van der Waals surface area (Å²) in [5.41, 5.74) is 3.38. The number of aryl methyl sites for hydroxylation is 1. The molecule has 5 heterocycles. The fourth-order valence-electron chi connectivity index (χ4n) is 3.79. The molecule has 1 N–H and O–H groups in total. The van der Waals surface area contributed by atoms with Gasteiger partial charge in [0.05, 0.1) is 44.0 Å². The zero-order valence-corrected chi connectivity index (χ0v) is 19.2. The van der Waals surface area contributed by atoms with Gasteiger partial charge in [-0.15, -0.1) is 22.7 Å². The number of pyridine rings is 1. The normalized spacial score (nSPS) is 11.5. The van der Waals surface area contributed by atoms with Crippen molar-refractivity contribution in [1.82, 2.24) is 24.1 Å². The molecule has 0 radical (unpaired) electrons. The molecule has 0 saturated carbocycles. The summed E-state index contributed by atoms with van der Waals surface area (Å²) in [6.45, 7) is 2.41. The highest BCUT2D eigenvalue weighted by Gasteiger charge is 2.14. The standard InChI is InChI=1S/C23H18N6O2S2/c1-14-25-22-19(33-14)8-18(17-5-7-32-23(17)22)31-13-21(30)27-15-9-24-29(11-15)12-16-10-28-6-3-2-4-20(28)26-16/h2-11H,12-13H2,1H3,(H,27,30). The number of thiazole rings is 1. The molecule has 0 aliphatic heterocycles. The predicted octanol–water partition coefficient (Wildman–Crippen LogP) is 4.73. The summed E-state index contributed by atoms with van der Waals surface area (Å²) in [5, 5.41) is 11.2. The second kappa shape index (κ2) is 7.98. The van der Waals surface area contributed by atoms with E-state index in [4.69, 9.17) is 4.74 Å². The van der Waals surface area contributed by atoms with Gasteiger partial charge in [0.15, 0.2) is 6.61 Å². The average Bonchev–Trinajstić information content (AvgIpc) is 3.57. The summed E-state index contributed by atoms with van der Waals surface area (Å²) < 4.78 is 11.8. The zero-order chi connectivity index (χ0) is 22.4. The van der Waals surface area contributed by atoms with Crippen molar-refractivity contribution in [3.05, 3.63) is 71.2 Å². The van der Waals surface area contributed by atoms with Crippen molar-refractivity contribution in [2.45, 2.75) is 13.5 Å². The van der Waals surface area contributed by atoms with Gasteiger partial charge in [-0.3, -0.25) is 9.48 Å². The first-order chi connectivity index (χ1) is 16.1. The number of carbonyl (C=O) groups excluding carboxylic acids is 1. The van der Waals surface area contributed by atoms with Crippen LogP contribution < -0.4 is 10.1 Å². The number of carbonyl (C=O) groups is 1. The molecule has 0 atom stereocenters. The van der Waals surface area contributed by atoms with Gasteiger partial charge < -0.3 is 14.5 Å². The van der Waals surface area contributed by atoms with Crippen LogP contribution in [0, 0.1) is 6.92 Å². The molecule has 0 unspecified atom stereocenters. The van der Waals surface area contributed by atoms with Gasteiger partial charge in [-0.1, -0.05) is 6.07 Å². The Morgan fingerprint density at radius 1 is 1.21 bits per heavy atom. The van der Waals surface area contributed by atoms with E-state index in [0.29, 0.717) is 18.0 Å². The van der Waals surface area contributed by atoms with Gasteiger partial charge in [0.2, 0.25) is 0 Å². The Bertz CT molecular complexity index is 1590. The number of amides is 1. The largest absolute Gasteiger partial charge is 0.483 e. The molecule has 5 aromatic heterocycles. The van der Waals surface area contributed by atoms with Crippen LogP contribution >= 0.6 is 22.7 Å². The Labute approximate surface area is 196 Å². The maximum absolute atomic E-state index is 12.5. The number of hydrogen-bond donors (Lipinski definition) is 1. The second-order valence-electron chi connectivity index (χ2n) is 7.58. The van der Waals surface area contributed by atoms with Crippen molar-refractivity contribution < 1.29 is 9.53 Å². The minimum atomic E-state index is -0.244. The number of fused-ring (bicyclic) bond motifs is 4. The third kappa shape index (κ3) is 3.83. The molecule has 0 spiro atoms. The van der Waals surface area contributed by atoms with Crippen LogP contribution in [0.3, 0.4) is 0 Å². The van der Waals surface area contributed by atoms with Gasteiger partial charge in [0.1, 0.15) is 11.4 Å². The molecule has 0 aliphatic rings. The van der Waals surface area contributed by atoms with Gasteiger partial charge in [0.25, 0.3) is 5.91 Å². The van der Waals surface area contributed by atoms with Gasteiger partial charge in [-0.2, -0.15) is 5.10 Å². The summed E-state index contributed by atoms with van der Waals surface area (Å²) in [7, 11) is 0. The second-order valence-corrected chi connectivity index (χ2v) is 9.73. The average molecular weight is 475 g/mol. The van der Waals surface area contributed by atoms with E-state index in [1.165, 1.54) is 0 Å². The van der Waals surface area contributed by atoms with Crippen LogP contribution in [0.5, 0.6) is 5.75 Å². The zero-order valence-electron chi connectivity index (χ0n) is 17.6. The molecule has 0 aliphatic carbocycles. The SMILES string of the molecule is Cc1nc2c(cc(OCC(=O)Nc3cnn(Cc4cn5ccccc5n4)c3)c3ccsc32)s1. The Hall–Kier alpha value is -3.76. The van der Waals surface area contributed by atoms with E-state index in [2.05, 4.69) is 20.4 Å². The number of aromatic nitrogens is 5. The molecule has 1 amide bonds. The summed E-state index contributed by atoms with van der Waals surface area (Å²) in [6.07, 6.45) is 7.33. The van der Waals surface area contributed by atoms with Crippen molar-refractivity contribution in [3.63, 3.8) is 0 Å². The molecular formula is C23H18N6O2S2. The molecule has 164 valence electrons. The number of nitrogens with one attached hydrogen (secondary N) is 1. The highest BCUT2D eigenvalue weighted by molar-refractivity contribution is 7.21. The summed E-state index contributed by atoms with van der Waals surface area (Å²) in [4.78, 5) is 21.7. The smallest absolute Gasteiger partial charge is 0.262 e. The number of nitrogens with zero attached hydrogens (tertiary/aromatic N) is 5. The van der Waals surface area contributed by atoms with Crippen LogP contribution in [0.2, 0.25) is 0 Å². The lowest BCUT2D eigenvalue weighted by molar-refractivity contribution is -0.118. The quantitative estimate of drug-likeness (QED) is 0.377.